The summed E-state index contributed by atoms with van der Waals surface area (Å²) in [4.78, 5) is 16.1. The molecule has 1 heterocycles. The number of ether oxygens (including phenoxy) is 1. The van der Waals surface area contributed by atoms with Gasteiger partial charge >= 0.3 is 0 Å². The first-order valence-corrected chi connectivity index (χ1v) is 6.56. The first-order chi connectivity index (χ1) is 8.27. The number of carbonyl (C=O) groups is 1. The summed E-state index contributed by atoms with van der Waals surface area (Å²) in [5.74, 6) is 0.119. The standard InChI is InChI=1S/C12H25N3O2/c1-2-10-17-11-12(16)15-6-3-5-14(7-4-13)8-9-15/h2-11,13H2,1H3. The van der Waals surface area contributed by atoms with Gasteiger partial charge in [0.05, 0.1) is 0 Å². The molecule has 5 nitrogen and oxygen atoms in total. The highest BCUT2D eigenvalue weighted by Crippen LogP contribution is 2.03. The molecule has 0 saturated carbocycles. The van der Waals surface area contributed by atoms with Crippen molar-refractivity contribution in [1.29, 1.82) is 0 Å². The molecule has 1 aliphatic heterocycles. The molecule has 1 rings (SSSR count). The number of nitrogens with zero attached hydrogens (tertiary/aromatic N) is 2. The molecule has 100 valence electrons. The molecule has 0 unspecified atom stereocenters. The molecule has 0 bridgehead atoms. The zero-order valence-electron chi connectivity index (χ0n) is 10.9. The Bertz CT molecular complexity index is 224. The van der Waals surface area contributed by atoms with Crippen LogP contribution in [0.1, 0.15) is 19.8 Å². The quantitative estimate of drug-likeness (QED) is 0.662. The van der Waals surface area contributed by atoms with Gasteiger partial charge in [-0.1, -0.05) is 6.92 Å². The summed E-state index contributed by atoms with van der Waals surface area (Å²) in [6.45, 7) is 8.16. The SMILES string of the molecule is CCCOCC(=O)N1CCCN(CCN)CC1. The van der Waals surface area contributed by atoms with E-state index in [1.165, 1.54) is 0 Å². The van der Waals surface area contributed by atoms with Crippen LogP contribution in [0.2, 0.25) is 0 Å². The van der Waals surface area contributed by atoms with Gasteiger partial charge in [0.2, 0.25) is 5.91 Å². The lowest BCUT2D eigenvalue weighted by molar-refractivity contribution is -0.136. The zero-order chi connectivity index (χ0) is 12.5. The Morgan fingerprint density at radius 3 is 2.82 bits per heavy atom. The van der Waals surface area contributed by atoms with E-state index in [2.05, 4.69) is 4.90 Å². The summed E-state index contributed by atoms with van der Waals surface area (Å²) in [6.07, 6.45) is 1.98. The third-order valence-electron chi connectivity index (χ3n) is 2.96. The van der Waals surface area contributed by atoms with Gasteiger partial charge in [0.1, 0.15) is 6.61 Å². The van der Waals surface area contributed by atoms with E-state index in [-0.39, 0.29) is 12.5 Å². The van der Waals surface area contributed by atoms with Crippen molar-refractivity contribution in [2.45, 2.75) is 19.8 Å². The highest BCUT2D eigenvalue weighted by molar-refractivity contribution is 5.77. The lowest BCUT2D eigenvalue weighted by atomic mass is 10.3. The van der Waals surface area contributed by atoms with Gasteiger partial charge in [-0.2, -0.15) is 0 Å². The van der Waals surface area contributed by atoms with Crippen molar-refractivity contribution < 1.29 is 9.53 Å². The molecule has 1 aliphatic rings. The van der Waals surface area contributed by atoms with Gasteiger partial charge in [-0.25, -0.2) is 0 Å². The molecule has 0 atom stereocenters. The summed E-state index contributed by atoms with van der Waals surface area (Å²) in [7, 11) is 0. The van der Waals surface area contributed by atoms with Gasteiger partial charge in [-0.15, -0.1) is 0 Å². The molecule has 0 aromatic carbocycles. The molecular weight excluding hydrogens is 218 g/mol. The average molecular weight is 243 g/mol. The normalized spacial score (nSPS) is 18.1. The van der Waals surface area contributed by atoms with Gasteiger partial charge < -0.3 is 20.3 Å². The molecule has 1 fully saturated rings. The van der Waals surface area contributed by atoms with Crippen molar-refractivity contribution in [1.82, 2.24) is 9.80 Å². The van der Waals surface area contributed by atoms with Crippen LogP contribution < -0.4 is 5.73 Å². The minimum absolute atomic E-state index is 0.119. The third kappa shape index (κ3) is 5.48. The summed E-state index contributed by atoms with van der Waals surface area (Å²) in [5.41, 5.74) is 5.54. The van der Waals surface area contributed by atoms with E-state index in [0.717, 1.165) is 45.6 Å². The summed E-state index contributed by atoms with van der Waals surface area (Å²) < 4.78 is 5.29. The van der Waals surface area contributed by atoms with Crippen LogP contribution in [0.25, 0.3) is 0 Å². The van der Waals surface area contributed by atoms with E-state index in [1.807, 2.05) is 11.8 Å². The van der Waals surface area contributed by atoms with Gasteiger partial charge in [-0.3, -0.25) is 4.79 Å². The maximum absolute atomic E-state index is 11.8. The van der Waals surface area contributed by atoms with Gasteiger partial charge in [0.15, 0.2) is 0 Å². The molecule has 1 amide bonds. The Morgan fingerprint density at radius 2 is 2.12 bits per heavy atom. The molecule has 0 radical (unpaired) electrons. The zero-order valence-corrected chi connectivity index (χ0v) is 10.9. The number of hydrogen-bond acceptors (Lipinski definition) is 4. The fourth-order valence-electron chi connectivity index (χ4n) is 2.02. The van der Waals surface area contributed by atoms with Crippen molar-refractivity contribution >= 4 is 5.91 Å². The fourth-order valence-corrected chi connectivity index (χ4v) is 2.02. The smallest absolute Gasteiger partial charge is 0.248 e. The van der Waals surface area contributed by atoms with E-state index in [4.69, 9.17) is 10.5 Å². The van der Waals surface area contributed by atoms with Gasteiger partial charge in [-0.05, 0) is 19.4 Å². The van der Waals surface area contributed by atoms with E-state index >= 15 is 0 Å². The molecule has 0 aromatic rings. The maximum Gasteiger partial charge on any atom is 0.248 e. The van der Waals surface area contributed by atoms with E-state index in [0.29, 0.717) is 13.2 Å². The highest BCUT2D eigenvalue weighted by Gasteiger charge is 2.18. The number of carbonyl (C=O) groups excluding carboxylic acids is 1. The highest BCUT2D eigenvalue weighted by atomic mass is 16.5. The predicted octanol–water partition coefficient (Wildman–Crippen LogP) is -0.0940. The second-order valence-electron chi connectivity index (χ2n) is 4.42. The lowest BCUT2D eigenvalue weighted by Crippen LogP contribution is -2.38. The van der Waals surface area contributed by atoms with Crippen molar-refractivity contribution in [3.8, 4) is 0 Å². The van der Waals surface area contributed by atoms with Crippen LogP contribution in [0.15, 0.2) is 0 Å². The molecule has 2 N–H and O–H groups in total. The molecule has 0 aromatic heterocycles. The van der Waals surface area contributed by atoms with E-state index in [9.17, 15) is 4.79 Å². The maximum atomic E-state index is 11.8. The van der Waals surface area contributed by atoms with Crippen LogP contribution in [0.4, 0.5) is 0 Å². The largest absolute Gasteiger partial charge is 0.372 e. The monoisotopic (exact) mass is 243 g/mol. The van der Waals surface area contributed by atoms with Crippen LogP contribution in [-0.2, 0) is 9.53 Å². The Balaban J connectivity index is 2.27. The fraction of sp³-hybridized carbons (Fsp3) is 0.917. The lowest BCUT2D eigenvalue weighted by Gasteiger charge is -2.21. The molecule has 0 aliphatic carbocycles. The first-order valence-electron chi connectivity index (χ1n) is 6.56. The summed E-state index contributed by atoms with van der Waals surface area (Å²) in [6, 6.07) is 0. The molecular formula is C12H25N3O2. The van der Waals surface area contributed by atoms with Crippen molar-refractivity contribution in [2.75, 3.05) is 52.5 Å². The van der Waals surface area contributed by atoms with Crippen LogP contribution in [0.3, 0.4) is 0 Å². The topological polar surface area (TPSA) is 58.8 Å². The Kier molecular flexibility index (Phi) is 7.16. The number of amides is 1. The van der Waals surface area contributed by atoms with E-state index < -0.39 is 0 Å². The number of hydrogen-bond donors (Lipinski definition) is 1. The number of nitrogens with two attached hydrogens (primary N) is 1. The second-order valence-corrected chi connectivity index (χ2v) is 4.42. The predicted molar refractivity (Wildman–Crippen MR) is 67.8 cm³/mol. The van der Waals surface area contributed by atoms with Crippen molar-refractivity contribution in [3.63, 3.8) is 0 Å². The Labute approximate surface area is 104 Å². The second kappa shape index (κ2) is 8.44. The third-order valence-corrected chi connectivity index (χ3v) is 2.96. The Hall–Kier alpha value is -0.650. The van der Waals surface area contributed by atoms with Crippen molar-refractivity contribution in [2.24, 2.45) is 5.73 Å². The van der Waals surface area contributed by atoms with Crippen LogP contribution >= 0.6 is 0 Å². The molecule has 1 saturated heterocycles. The molecule has 0 spiro atoms. The summed E-state index contributed by atoms with van der Waals surface area (Å²) >= 11 is 0. The van der Waals surface area contributed by atoms with Crippen molar-refractivity contribution in [3.05, 3.63) is 0 Å². The van der Waals surface area contributed by atoms with E-state index in [1.54, 1.807) is 0 Å². The molecule has 5 heteroatoms. The minimum Gasteiger partial charge on any atom is -0.372 e. The van der Waals surface area contributed by atoms with Gasteiger partial charge in [0.25, 0.3) is 0 Å². The van der Waals surface area contributed by atoms with Crippen LogP contribution in [-0.4, -0.2) is 68.2 Å². The van der Waals surface area contributed by atoms with Crippen LogP contribution in [0.5, 0.6) is 0 Å². The summed E-state index contributed by atoms with van der Waals surface area (Å²) in [5, 5.41) is 0. The minimum atomic E-state index is 0.119. The van der Waals surface area contributed by atoms with Gasteiger partial charge in [0, 0.05) is 39.3 Å². The average Bonchev–Trinajstić information content (AvgIpc) is 2.55. The first kappa shape index (κ1) is 14.4. The van der Waals surface area contributed by atoms with Crippen LogP contribution in [0, 0.1) is 0 Å². The Morgan fingerprint density at radius 1 is 1.29 bits per heavy atom. The molecule has 17 heavy (non-hydrogen) atoms. The number of rotatable bonds is 6.